The standard InChI is InChI=1S/C21H26N4O2/c1-15(25-13-10-16-6-2-3-7-17(16)14-25)20(26)24-19-9-5-4-8-18(19)21(27)23-12-11-22/h2-9,15H,10-14,22H2,1H3,(H,23,27)(H,24,26). The molecule has 0 radical (unpaired) electrons. The van der Waals surface area contributed by atoms with Gasteiger partial charge in [0.1, 0.15) is 0 Å². The van der Waals surface area contributed by atoms with Crippen LogP contribution in [0.25, 0.3) is 0 Å². The Morgan fingerprint density at radius 3 is 2.59 bits per heavy atom. The summed E-state index contributed by atoms with van der Waals surface area (Å²) in [5.74, 6) is -0.357. The summed E-state index contributed by atoms with van der Waals surface area (Å²) in [4.78, 5) is 27.3. The smallest absolute Gasteiger partial charge is 0.253 e. The molecule has 0 saturated carbocycles. The SMILES string of the molecule is CC(C(=O)Nc1ccccc1C(=O)NCCN)N1CCc2ccccc2C1. The first kappa shape index (κ1) is 19.1. The minimum absolute atomic E-state index is 0.117. The van der Waals surface area contributed by atoms with Crippen LogP contribution in [0.3, 0.4) is 0 Å². The second-order valence-electron chi connectivity index (χ2n) is 6.74. The van der Waals surface area contributed by atoms with Crippen molar-refractivity contribution in [2.24, 2.45) is 5.73 Å². The van der Waals surface area contributed by atoms with Crippen molar-refractivity contribution >= 4 is 17.5 Å². The van der Waals surface area contributed by atoms with Crippen molar-refractivity contribution in [2.45, 2.75) is 25.9 Å². The van der Waals surface area contributed by atoms with Gasteiger partial charge in [-0.15, -0.1) is 0 Å². The van der Waals surface area contributed by atoms with Crippen LogP contribution in [-0.2, 0) is 17.8 Å². The molecular weight excluding hydrogens is 340 g/mol. The van der Waals surface area contributed by atoms with E-state index in [1.165, 1.54) is 11.1 Å². The fraction of sp³-hybridized carbons (Fsp3) is 0.333. The van der Waals surface area contributed by atoms with Crippen LogP contribution in [0.4, 0.5) is 5.69 Å². The molecule has 1 atom stereocenters. The molecular formula is C21H26N4O2. The molecule has 27 heavy (non-hydrogen) atoms. The normalized spacial score (nSPS) is 14.9. The van der Waals surface area contributed by atoms with E-state index >= 15 is 0 Å². The van der Waals surface area contributed by atoms with Crippen molar-refractivity contribution in [1.82, 2.24) is 10.2 Å². The molecule has 1 aliphatic rings. The number of nitrogens with two attached hydrogens (primary N) is 1. The maximum absolute atomic E-state index is 12.8. The lowest BCUT2D eigenvalue weighted by Crippen LogP contribution is -2.44. The highest BCUT2D eigenvalue weighted by atomic mass is 16.2. The van der Waals surface area contributed by atoms with E-state index < -0.39 is 0 Å². The number of amides is 2. The Morgan fingerprint density at radius 1 is 1.11 bits per heavy atom. The van der Waals surface area contributed by atoms with Gasteiger partial charge in [-0.25, -0.2) is 0 Å². The van der Waals surface area contributed by atoms with E-state index in [1.807, 2.05) is 13.0 Å². The van der Waals surface area contributed by atoms with Gasteiger partial charge in [-0.2, -0.15) is 0 Å². The van der Waals surface area contributed by atoms with E-state index in [2.05, 4.69) is 33.7 Å². The number of carbonyl (C=O) groups is 2. The van der Waals surface area contributed by atoms with Crippen molar-refractivity contribution in [2.75, 3.05) is 25.0 Å². The molecule has 4 N–H and O–H groups in total. The number of anilines is 1. The van der Waals surface area contributed by atoms with Crippen LogP contribution < -0.4 is 16.4 Å². The number of nitrogens with one attached hydrogen (secondary N) is 2. The van der Waals surface area contributed by atoms with Crippen LogP contribution in [0, 0.1) is 0 Å². The number of fused-ring (bicyclic) bond motifs is 1. The highest BCUT2D eigenvalue weighted by molar-refractivity contribution is 6.04. The number of nitrogens with zero attached hydrogens (tertiary/aromatic N) is 1. The summed E-state index contributed by atoms with van der Waals surface area (Å²) in [5.41, 5.74) is 9.01. The van der Waals surface area contributed by atoms with E-state index in [4.69, 9.17) is 5.73 Å². The quantitative estimate of drug-likeness (QED) is 0.727. The molecule has 0 fully saturated rings. The molecule has 0 bridgehead atoms. The zero-order valence-electron chi connectivity index (χ0n) is 15.6. The summed E-state index contributed by atoms with van der Waals surface area (Å²) in [6, 6.07) is 15.1. The summed E-state index contributed by atoms with van der Waals surface area (Å²) in [7, 11) is 0. The Balaban J connectivity index is 1.68. The first-order valence-electron chi connectivity index (χ1n) is 9.29. The van der Waals surface area contributed by atoms with Crippen LogP contribution in [0.1, 0.15) is 28.4 Å². The third-order valence-electron chi connectivity index (χ3n) is 4.95. The molecule has 0 saturated heterocycles. The minimum Gasteiger partial charge on any atom is -0.351 e. The second kappa shape index (κ2) is 8.79. The highest BCUT2D eigenvalue weighted by Crippen LogP contribution is 2.21. The van der Waals surface area contributed by atoms with Gasteiger partial charge >= 0.3 is 0 Å². The predicted molar refractivity (Wildman–Crippen MR) is 106 cm³/mol. The number of para-hydroxylation sites is 1. The van der Waals surface area contributed by atoms with Crippen molar-refractivity contribution in [3.63, 3.8) is 0 Å². The maximum Gasteiger partial charge on any atom is 0.253 e. The Labute approximate surface area is 159 Å². The van der Waals surface area contributed by atoms with Crippen molar-refractivity contribution in [3.05, 3.63) is 65.2 Å². The lowest BCUT2D eigenvalue weighted by molar-refractivity contribution is -0.121. The van der Waals surface area contributed by atoms with E-state index in [0.29, 0.717) is 24.3 Å². The first-order chi connectivity index (χ1) is 13.1. The number of benzene rings is 2. The topological polar surface area (TPSA) is 87.5 Å². The van der Waals surface area contributed by atoms with Crippen LogP contribution >= 0.6 is 0 Å². The van der Waals surface area contributed by atoms with Crippen LogP contribution in [0.15, 0.2) is 48.5 Å². The van der Waals surface area contributed by atoms with Crippen LogP contribution in [0.5, 0.6) is 0 Å². The molecule has 0 aromatic heterocycles. The second-order valence-corrected chi connectivity index (χ2v) is 6.74. The third kappa shape index (κ3) is 4.53. The van der Waals surface area contributed by atoms with Gasteiger partial charge in [-0.3, -0.25) is 14.5 Å². The summed E-state index contributed by atoms with van der Waals surface area (Å²) in [6.45, 7) is 4.26. The Morgan fingerprint density at radius 2 is 1.81 bits per heavy atom. The monoisotopic (exact) mass is 366 g/mol. The third-order valence-corrected chi connectivity index (χ3v) is 4.95. The van der Waals surface area contributed by atoms with E-state index in [9.17, 15) is 9.59 Å². The van der Waals surface area contributed by atoms with E-state index in [1.54, 1.807) is 24.3 Å². The van der Waals surface area contributed by atoms with Crippen molar-refractivity contribution < 1.29 is 9.59 Å². The molecule has 6 nitrogen and oxygen atoms in total. The van der Waals surface area contributed by atoms with Gasteiger partial charge in [-0.1, -0.05) is 36.4 Å². The number of rotatable bonds is 6. The molecule has 6 heteroatoms. The van der Waals surface area contributed by atoms with Gasteiger partial charge in [0.15, 0.2) is 0 Å². The lowest BCUT2D eigenvalue weighted by atomic mass is 9.98. The van der Waals surface area contributed by atoms with Crippen LogP contribution in [-0.4, -0.2) is 42.4 Å². The van der Waals surface area contributed by atoms with Gasteiger partial charge in [0.25, 0.3) is 5.91 Å². The van der Waals surface area contributed by atoms with Gasteiger partial charge in [-0.05, 0) is 36.6 Å². The minimum atomic E-state index is -0.293. The lowest BCUT2D eigenvalue weighted by Gasteiger charge is -2.33. The molecule has 142 valence electrons. The fourth-order valence-corrected chi connectivity index (χ4v) is 3.32. The number of hydrogen-bond acceptors (Lipinski definition) is 4. The zero-order chi connectivity index (χ0) is 19.2. The Bertz CT molecular complexity index is 821. The largest absolute Gasteiger partial charge is 0.351 e. The average Bonchev–Trinajstić information content (AvgIpc) is 2.71. The average molecular weight is 366 g/mol. The zero-order valence-corrected chi connectivity index (χ0v) is 15.6. The van der Waals surface area contributed by atoms with Gasteiger partial charge < -0.3 is 16.4 Å². The molecule has 2 aromatic rings. The van der Waals surface area contributed by atoms with E-state index in [0.717, 1.165) is 19.5 Å². The molecule has 0 aliphatic carbocycles. The summed E-state index contributed by atoms with van der Waals surface area (Å²) >= 11 is 0. The molecule has 2 aromatic carbocycles. The fourth-order valence-electron chi connectivity index (χ4n) is 3.32. The molecule has 1 aliphatic heterocycles. The van der Waals surface area contributed by atoms with Gasteiger partial charge in [0.05, 0.1) is 17.3 Å². The maximum atomic E-state index is 12.8. The summed E-state index contributed by atoms with van der Waals surface area (Å²) in [6.07, 6.45) is 0.936. The molecule has 3 rings (SSSR count). The molecule has 2 amide bonds. The molecule has 1 unspecified atom stereocenters. The van der Waals surface area contributed by atoms with Crippen LogP contribution in [0.2, 0.25) is 0 Å². The van der Waals surface area contributed by atoms with Gasteiger partial charge in [0.2, 0.25) is 5.91 Å². The Hall–Kier alpha value is -2.70. The van der Waals surface area contributed by atoms with Crippen molar-refractivity contribution in [1.29, 1.82) is 0 Å². The van der Waals surface area contributed by atoms with Gasteiger partial charge in [0, 0.05) is 26.2 Å². The van der Waals surface area contributed by atoms with E-state index in [-0.39, 0.29) is 17.9 Å². The highest BCUT2D eigenvalue weighted by Gasteiger charge is 2.26. The number of carbonyl (C=O) groups excluding carboxylic acids is 2. The Kier molecular flexibility index (Phi) is 6.21. The molecule has 1 heterocycles. The number of hydrogen-bond donors (Lipinski definition) is 3. The summed E-state index contributed by atoms with van der Waals surface area (Å²) < 4.78 is 0. The molecule has 0 spiro atoms. The van der Waals surface area contributed by atoms with Crippen molar-refractivity contribution in [3.8, 4) is 0 Å². The predicted octanol–water partition coefficient (Wildman–Crippen LogP) is 1.76. The first-order valence-corrected chi connectivity index (χ1v) is 9.29. The summed E-state index contributed by atoms with van der Waals surface area (Å²) in [5, 5.41) is 5.66.